The number of carbonyl (C=O) groups excluding carboxylic acids is 1. The van der Waals surface area contributed by atoms with Crippen LogP contribution in [0, 0.1) is 0 Å². The standard InChI is InChI=1S/C7H11N5OS/c1-11-6(8)9-7(10-11)12-3-4(14)2-5(12)13/h4,14H,2-3H2,1H3,(H2,8,9,10). The second kappa shape index (κ2) is 3.16. The number of nitrogens with two attached hydrogens (primary N) is 1. The number of carbonyl (C=O) groups is 1. The number of aryl methyl sites for hydroxylation is 1. The second-order valence-electron chi connectivity index (χ2n) is 3.26. The van der Waals surface area contributed by atoms with Crippen LogP contribution >= 0.6 is 12.6 Å². The Labute approximate surface area is 86.5 Å². The maximum atomic E-state index is 11.5. The maximum Gasteiger partial charge on any atom is 0.253 e. The number of hydrogen-bond donors (Lipinski definition) is 2. The third kappa shape index (κ3) is 1.43. The fourth-order valence-electron chi connectivity index (χ4n) is 1.38. The molecule has 1 atom stereocenters. The van der Waals surface area contributed by atoms with Crippen molar-refractivity contribution in [2.45, 2.75) is 11.7 Å². The minimum Gasteiger partial charge on any atom is -0.368 e. The third-order valence-corrected chi connectivity index (χ3v) is 2.48. The summed E-state index contributed by atoms with van der Waals surface area (Å²) in [4.78, 5) is 16.9. The molecule has 1 aromatic heterocycles. The minimum absolute atomic E-state index is 0.00407. The number of amides is 1. The minimum atomic E-state index is -0.00407. The van der Waals surface area contributed by atoms with Crippen LogP contribution in [-0.2, 0) is 11.8 Å². The first kappa shape index (κ1) is 9.32. The molecular weight excluding hydrogens is 202 g/mol. The van der Waals surface area contributed by atoms with Gasteiger partial charge in [-0.2, -0.15) is 17.6 Å². The molecule has 1 unspecified atom stereocenters. The van der Waals surface area contributed by atoms with Gasteiger partial charge in [-0.15, -0.1) is 5.10 Å². The lowest BCUT2D eigenvalue weighted by atomic mass is 10.4. The van der Waals surface area contributed by atoms with E-state index in [1.165, 1.54) is 9.58 Å². The van der Waals surface area contributed by atoms with E-state index in [2.05, 4.69) is 22.7 Å². The number of nitrogen functional groups attached to an aromatic ring is 1. The van der Waals surface area contributed by atoms with Crippen molar-refractivity contribution >= 4 is 30.4 Å². The summed E-state index contributed by atoms with van der Waals surface area (Å²) < 4.78 is 1.44. The molecule has 0 saturated carbocycles. The monoisotopic (exact) mass is 213 g/mol. The lowest BCUT2D eigenvalue weighted by Gasteiger charge is -2.09. The van der Waals surface area contributed by atoms with Gasteiger partial charge in [-0.1, -0.05) is 0 Å². The number of nitrogens with zero attached hydrogens (tertiary/aromatic N) is 4. The zero-order valence-corrected chi connectivity index (χ0v) is 8.61. The van der Waals surface area contributed by atoms with Crippen LogP contribution < -0.4 is 10.6 Å². The van der Waals surface area contributed by atoms with E-state index in [0.29, 0.717) is 24.9 Å². The smallest absolute Gasteiger partial charge is 0.253 e. The Balaban J connectivity index is 2.27. The third-order valence-electron chi connectivity index (χ3n) is 2.13. The first-order valence-corrected chi connectivity index (χ1v) is 4.74. The van der Waals surface area contributed by atoms with Gasteiger partial charge in [0.1, 0.15) is 0 Å². The molecule has 0 aromatic carbocycles. The van der Waals surface area contributed by atoms with Crippen LogP contribution in [0.1, 0.15) is 6.42 Å². The topological polar surface area (TPSA) is 77.0 Å². The fourth-order valence-corrected chi connectivity index (χ4v) is 1.70. The summed E-state index contributed by atoms with van der Waals surface area (Å²) >= 11 is 4.24. The Morgan fingerprint density at radius 1 is 1.64 bits per heavy atom. The van der Waals surface area contributed by atoms with Crippen molar-refractivity contribution in [2.75, 3.05) is 17.2 Å². The zero-order chi connectivity index (χ0) is 10.3. The van der Waals surface area contributed by atoms with Gasteiger partial charge in [-0.3, -0.25) is 9.69 Å². The number of aromatic nitrogens is 3. The van der Waals surface area contributed by atoms with Crippen LogP contribution in [0.3, 0.4) is 0 Å². The maximum absolute atomic E-state index is 11.5. The van der Waals surface area contributed by atoms with Gasteiger partial charge < -0.3 is 5.73 Å². The number of thiol groups is 1. The number of rotatable bonds is 1. The molecule has 1 fully saturated rings. The molecule has 1 amide bonds. The second-order valence-corrected chi connectivity index (χ2v) is 3.99. The van der Waals surface area contributed by atoms with Gasteiger partial charge in [-0.05, 0) is 0 Å². The zero-order valence-electron chi connectivity index (χ0n) is 7.71. The Morgan fingerprint density at radius 3 is 2.79 bits per heavy atom. The van der Waals surface area contributed by atoms with E-state index in [-0.39, 0.29) is 11.2 Å². The molecule has 14 heavy (non-hydrogen) atoms. The molecule has 6 nitrogen and oxygen atoms in total. The van der Waals surface area contributed by atoms with E-state index in [4.69, 9.17) is 5.73 Å². The Kier molecular flexibility index (Phi) is 2.10. The molecule has 1 aliphatic heterocycles. The van der Waals surface area contributed by atoms with Gasteiger partial charge in [0.2, 0.25) is 11.9 Å². The SMILES string of the molecule is Cn1nc(N2CC(S)CC2=O)nc1N. The normalized spacial score (nSPS) is 22.0. The van der Waals surface area contributed by atoms with Crippen molar-refractivity contribution < 1.29 is 4.79 Å². The highest BCUT2D eigenvalue weighted by atomic mass is 32.1. The van der Waals surface area contributed by atoms with Crippen LogP contribution in [0.2, 0.25) is 0 Å². The van der Waals surface area contributed by atoms with Gasteiger partial charge >= 0.3 is 0 Å². The molecule has 1 aromatic rings. The van der Waals surface area contributed by atoms with Crippen molar-refractivity contribution in [3.05, 3.63) is 0 Å². The summed E-state index contributed by atoms with van der Waals surface area (Å²) in [5, 5.41) is 4.09. The average Bonchev–Trinajstić information content (AvgIpc) is 2.57. The van der Waals surface area contributed by atoms with E-state index in [1.807, 2.05) is 0 Å². The predicted molar refractivity (Wildman–Crippen MR) is 55.2 cm³/mol. The molecule has 2 N–H and O–H groups in total. The largest absolute Gasteiger partial charge is 0.368 e. The average molecular weight is 213 g/mol. The van der Waals surface area contributed by atoms with E-state index >= 15 is 0 Å². The molecule has 0 bridgehead atoms. The quantitative estimate of drug-likeness (QED) is 0.613. The number of hydrogen-bond acceptors (Lipinski definition) is 5. The first-order valence-electron chi connectivity index (χ1n) is 4.23. The molecule has 76 valence electrons. The van der Waals surface area contributed by atoms with Crippen molar-refractivity contribution in [2.24, 2.45) is 7.05 Å². The van der Waals surface area contributed by atoms with E-state index in [9.17, 15) is 4.79 Å². The molecule has 7 heteroatoms. The van der Waals surface area contributed by atoms with Crippen molar-refractivity contribution in [3.63, 3.8) is 0 Å². The molecule has 2 rings (SSSR count). The summed E-state index contributed by atoms with van der Waals surface area (Å²) in [6.07, 6.45) is 0.432. The van der Waals surface area contributed by atoms with Gasteiger partial charge in [0.15, 0.2) is 0 Å². The Morgan fingerprint density at radius 2 is 2.36 bits per heavy atom. The molecule has 0 aliphatic carbocycles. The predicted octanol–water partition coefficient (Wildman–Crippen LogP) is -0.568. The van der Waals surface area contributed by atoms with Crippen LogP contribution in [0.5, 0.6) is 0 Å². The highest BCUT2D eigenvalue weighted by Gasteiger charge is 2.30. The Bertz CT molecular complexity index is 357. The number of anilines is 2. The highest BCUT2D eigenvalue weighted by molar-refractivity contribution is 7.81. The molecular formula is C7H11N5OS. The van der Waals surface area contributed by atoms with Crippen LogP contribution in [0.15, 0.2) is 0 Å². The first-order chi connectivity index (χ1) is 6.58. The summed E-state index contributed by atoms with van der Waals surface area (Å²) in [5.41, 5.74) is 5.52. The van der Waals surface area contributed by atoms with Gasteiger partial charge in [0.25, 0.3) is 5.95 Å². The Hall–Kier alpha value is -1.24. The van der Waals surface area contributed by atoms with E-state index < -0.39 is 0 Å². The van der Waals surface area contributed by atoms with E-state index in [1.54, 1.807) is 7.05 Å². The lowest BCUT2D eigenvalue weighted by molar-refractivity contribution is -0.117. The highest BCUT2D eigenvalue weighted by Crippen LogP contribution is 2.21. The van der Waals surface area contributed by atoms with Crippen LogP contribution in [0.25, 0.3) is 0 Å². The van der Waals surface area contributed by atoms with Crippen LogP contribution in [-0.4, -0.2) is 32.5 Å². The summed E-state index contributed by atoms with van der Waals surface area (Å²) in [5.74, 6) is 0.664. The van der Waals surface area contributed by atoms with Crippen molar-refractivity contribution in [1.29, 1.82) is 0 Å². The molecule has 1 aliphatic rings. The summed E-state index contributed by atoms with van der Waals surface area (Å²) in [7, 11) is 1.69. The molecule has 0 spiro atoms. The lowest BCUT2D eigenvalue weighted by Crippen LogP contribution is -2.25. The summed E-state index contributed by atoms with van der Waals surface area (Å²) in [6, 6.07) is 0. The molecule has 0 radical (unpaired) electrons. The summed E-state index contributed by atoms with van der Waals surface area (Å²) in [6.45, 7) is 0.547. The van der Waals surface area contributed by atoms with Gasteiger partial charge in [-0.25, -0.2) is 4.68 Å². The van der Waals surface area contributed by atoms with Crippen LogP contribution in [0.4, 0.5) is 11.9 Å². The van der Waals surface area contributed by atoms with E-state index in [0.717, 1.165) is 0 Å². The van der Waals surface area contributed by atoms with Gasteiger partial charge in [0.05, 0.1) is 0 Å². The molecule has 2 heterocycles. The molecule has 1 saturated heterocycles. The van der Waals surface area contributed by atoms with Crippen molar-refractivity contribution in [1.82, 2.24) is 14.8 Å². The fraction of sp³-hybridized carbons (Fsp3) is 0.571. The van der Waals surface area contributed by atoms with Crippen molar-refractivity contribution in [3.8, 4) is 0 Å². The van der Waals surface area contributed by atoms with Gasteiger partial charge in [0, 0.05) is 25.3 Å².